The van der Waals surface area contributed by atoms with Crippen molar-refractivity contribution < 1.29 is 0 Å². The van der Waals surface area contributed by atoms with Gasteiger partial charge in [0, 0.05) is 21.5 Å². The van der Waals surface area contributed by atoms with E-state index in [1.807, 2.05) is 0 Å². The number of rotatable bonds is 0. The molecule has 0 saturated heterocycles. The first-order valence-corrected chi connectivity index (χ1v) is 9.19. The zero-order valence-corrected chi connectivity index (χ0v) is 14.2. The third-order valence-corrected chi connectivity index (χ3v) is 6.14. The molecule has 0 fully saturated rings. The van der Waals surface area contributed by atoms with Gasteiger partial charge in [0.15, 0.2) is 0 Å². The minimum absolute atomic E-state index is 1.05. The van der Waals surface area contributed by atoms with Crippen LogP contribution in [0.4, 0.5) is 0 Å². The van der Waals surface area contributed by atoms with Crippen LogP contribution in [0.3, 0.4) is 0 Å². The fraction of sp³-hybridized carbons (Fsp3) is 0.0400. The van der Waals surface area contributed by atoms with Crippen LogP contribution < -0.4 is 0 Å². The van der Waals surface area contributed by atoms with Gasteiger partial charge in [0.05, 0.1) is 16.6 Å². The van der Waals surface area contributed by atoms with Gasteiger partial charge in [0.1, 0.15) is 0 Å². The molecule has 1 aliphatic rings. The lowest BCUT2D eigenvalue weighted by Gasteiger charge is -2.05. The van der Waals surface area contributed by atoms with E-state index >= 15 is 0 Å². The highest BCUT2D eigenvalue weighted by molar-refractivity contribution is 6.26. The van der Waals surface area contributed by atoms with Crippen molar-refractivity contribution in [2.24, 2.45) is 0 Å². The van der Waals surface area contributed by atoms with E-state index in [1.54, 1.807) is 0 Å². The Hall–Kier alpha value is -3.32. The molecule has 0 N–H and O–H groups in total. The van der Waals surface area contributed by atoms with Crippen LogP contribution in [0.2, 0.25) is 0 Å². The number of hydrogen-bond acceptors (Lipinski definition) is 0. The molecule has 0 spiro atoms. The van der Waals surface area contributed by atoms with Crippen molar-refractivity contribution in [3.63, 3.8) is 0 Å². The Morgan fingerprint density at radius 2 is 1.38 bits per heavy atom. The lowest BCUT2D eigenvalue weighted by molar-refractivity contribution is 1.26. The normalized spacial score (nSPS) is 13.2. The Morgan fingerprint density at radius 1 is 0.577 bits per heavy atom. The number of para-hydroxylation sites is 2. The second-order valence-corrected chi connectivity index (χ2v) is 7.38. The molecule has 0 amide bonds. The summed E-state index contributed by atoms with van der Waals surface area (Å²) in [5.74, 6) is 0. The second kappa shape index (κ2) is 4.25. The molecule has 1 nitrogen and oxygen atoms in total. The van der Waals surface area contributed by atoms with Gasteiger partial charge < -0.3 is 4.40 Å². The molecule has 0 atom stereocenters. The molecule has 4 aromatic carbocycles. The SMILES string of the molecule is c1ccc2c(c1)Cc1ccc3c(c1-2)c1cccc2c4ccccc4n3c21. The molecule has 0 aliphatic heterocycles. The summed E-state index contributed by atoms with van der Waals surface area (Å²) >= 11 is 0. The predicted molar refractivity (Wildman–Crippen MR) is 109 cm³/mol. The van der Waals surface area contributed by atoms with E-state index in [1.165, 1.54) is 60.3 Å². The van der Waals surface area contributed by atoms with Crippen LogP contribution in [0, 0.1) is 0 Å². The molecule has 120 valence electrons. The highest BCUT2D eigenvalue weighted by atomic mass is 14.9. The molecule has 0 unspecified atom stereocenters. The fourth-order valence-electron chi connectivity index (χ4n) is 5.14. The van der Waals surface area contributed by atoms with Crippen molar-refractivity contribution in [1.82, 2.24) is 4.40 Å². The lowest BCUT2D eigenvalue weighted by atomic mass is 9.98. The lowest BCUT2D eigenvalue weighted by Crippen LogP contribution is -1.84. The number of aromatic nitrogens is 1. The number of hydrogen-bond donors (Lipinski definition) is 0. The maximum Gasteiger partial charge on any atom is 0.0620 e. The number of benzene rings is 4. The van der Waals surface area contributed by atoms with Gasteiger partial charge in [-0.2, -0.15) is 0 Å². The molecule has 7 rings (SSSR count). The van der Waals surface area contributed by atoms with E-state index < -0.39 is 0 Å². The highest BCUT2D eigenvalue weighted by Gasteiger charge is 2.25. The molecule has 2 aromatic heterocycles. The summed E-state index contributed by atoms with van der Waals surface area (Å²) in [6.45, 7) is 0. The smallest absolute Gasteiger partial charge is 0.0620 e. The Bertz CT molecular complexity index is 1500. The summed E-state index contributed by atoms with van der Waals surface area (Å²) in [7, 11) is 0. The van der Waals surface area contributed by atoms with Crippen LogP contribution in [0.5, 0.6) is 0 Å². The van der Waals surface area contributed by atoms with Crippen molar-refractivity contribution in [3.8, 4) is 11.1 Å². The summed E-state index contributed by atoms with van der Waals surface area (Å²) in [6, 6.07) is 29.1. The van der Waals surface area contributed by atoms with Crippen LogP contribution in [-0.2, 0) is 6.42 Å². The minimum Gasteiger partial charge on any atom is -0.308 e. The second-order valence-electron chi connectivity index (χ2n) is 7.38. The minimum atomic E-state index is 1.05. The van der Waals surface area contributed by atoms with E-state index in [9.17, 15) is 0 Å². The fourth-order valence-corrected chi connectivity index (χ4v) is 5.14. The van der Waals surface area contributed by atoms with Gasteiger partial charge in [-0.25, -0.2) is 0 Å². The maximum atomic E-state index is 2.47. The Morgan fingerprint density at radius 3 is 2.38 bits per heavy atom. The topological polar surface area (TPSA) is 4.41 Å². The zero-order valence-electron chi connectivity index (χ0n) is 14.2. The summed E-state index contributed by atoms with van der Waals surface area (Å²) in [4.78, 5) is 0. The van der Waals surface area contributed by atoms with E-state index in [0.29, 0.717) is 0 Å². The first-order chi connectivity index (χ1) is 12.9. The Balaban J connectivity index is 1.82. The van der Waals surface area contributed by atoms with E-state index in [-0.39, 0.29) is 0 Å². The molecule has 2 heterocycles. The average Bonchev–Trinajstić information content (AvgIpc) is 3.33. The molecule has 1 aliphatic carbocycles. The Labute approximate surface area is 150 Å². The van der Waals surface area contributed by atoms with Gasteiger partial charge >= 0.3 is 0 Å². The molecule has 0 bridgehead atoms. The van der Waals surface area contributed by atoms with Crippen LogP contribution >= 0.6 is 0 Å². The van der Waals surface area contributed by atoms with Crippen molar-refractivity contribution in [2.75, 3.05) is 0 Å². The first kappa shape index (κ1) is 13.0. The first-order valence-electron chi connectivity index (χ1n) is 9.19. The van der Waals surface area contributed by atoms with Crippen LogP contribution in [0.1, 0.15) is 11.1 Å². The summed E-state index contributed by atoms with van der Waals surface area (Å²) in [5.41, 5.74) is 9.75. The Kier molecular flexibility index (Phi) is 2.12. The summed E-state index contributed by atoms with van der Waals surface area (Å²) < 4.78 is 2.47. The van der Waals surface area contributed by atoms with Gasteiger partial charge in [-0.05, 0) is 40.8 Å². The average molecular weight is 329 g/mol. The number of fused-ring (bicyclic) bond motifs is 10. The van der Waals surface area contributed by atoms with Crippen LogP contribution in [0.25, 0.3) is 49.2 Å². The molecule has 0 radical (unpaired) electrons. The molecule has 1 heteroatoms. The standard InChI is InChI=1S/C25H15N/c1-2-7-17-15(6-1)14-16-12-13-22-24(23(16)17)20-10-5-9-19-18-8-3-4-11-21(18)26(22)25(19)20/h1-13H,14H2. The van der Waals surface area contributed by atoms with Gasteiger partial charge in [-0.3, -0.25) is 0 Å². The van der Waals surface area contributed by atoms with Gasteiger partial charge in [-0.1, -0.05) is 66.7 Å². The van der Waals surface area contributed by atoms with Gasteiger partial charge in [0.2, 0.25) is 0 Å². The van der Waals surface area contributed by atoms with Gasteiger partial charge in [-0.15, -0.1) is 0 Å². The molecular formula is C25H15N. The molecule has 26 heavy (non-hydrogen) atoms. The van der Waals surface area contributed by atoms with Gasteiger partial charge in [0.25, 0.3) is 0 Å². The maximum absolute atomic E-state index is 2.47. The van der Waals surface area contributed by atoms with Crippen molar-refractivity contribution >= 4 is 38.1 Å². The van der Waals surface area contributed by atoms with E-state index in [4.69, 9.17) is 0 Å². The predicted octanol–water partition coefficient (Wildman–Crippen LogP) is 6.41. The molecule has 6 aromatic rings. The van der Waals surface area contributed by atoms with Crippen molar-refractivity contribution in [1.29, 1.82) is 0 Å². The molecule has 0 saturated carbocycles. The highest BCUT2D eigenvalue weighted by Crippen LogP contribution is 2.47. The largest absolute Gasteiger partial charge is 0.308 e. The molecular weight excluding hydrogens is 314 g/mol. The third kappa shape index (κ3) is 1.33. The van der Waals surface area contributed by atoms with E-state index in [2.05, 4.69) is 83.3 Å². The number of nitrogens with zero attached hydrogens (tertiary/aromatic N) is 1. The van der Waals surface area contributed by atoms with Crippen LogP contribution in [-0.4, -0.2) is 4.40 Å². The van der Waals surface area contributed by atoms with E-state index in [0.717, 1.165) is 6.42 Å². The monoisotopic (exact) mass is 329 g/mol. The summed E-state index contributed by atoms with van der Waals surface area (Å²) in [6.07, 6.45) is 1.05. The zero-order chi connectivity index (χ0) is 16.8. The van der Waals surface area contributed by atoms with Crippen molar-refractivity contribution in [2.45, 2.75) is 6.42 Å². The quantitative estimate of drug-likeness (QED) is 0.303. The van der Waals surface area contributed by atoms with Crippen LogP contribution in [0.15, 0.2) is 78.9 Å². The summed E-state index contributed by atoms with van der Waals surface area (Å²) in [5, 5.41) is 5.49. The van der Waals surface area contributed by atoms with Crippen molar-refractivity contribution in [3.05, 3.63) is 90.0 Å². The third-order valence-electron chi connectivity index (χ3n) is 6.14.